The second-order valence-corrected chi connectivity index (χ2v) is 6.73. The van der Waals surface area contributed by atoms with E-state index in [1.807, 2.05) is 4.90 Å². The highest BCUT2D eigenvalue weighted by Gasteiger charge is 2.20. The number of nitrogens with zero attached hydrogens (tertiary/aromatic N) is 2. The van der Waals surface area contributed by atoms with Crippen molar-refractivity contribution >= 4 is 35.0 Å². The Kier molecular flexibility index (Phi) is 7.34. The molecule has 1 fully saturated rings. The number of nitro benzene ring substituents is 1. The van der Waals surface area contributed by atoms with Crippen LogP contribution in [0.5, 0.6) is 0 Å². The average molecular weight is 425 g/mol. The van der Waals surface area contributed by atoms with Gasteiger partial charge in [-0.1, -0.05) is 12.1 Å². The fourth-order valence-electron chi connectivity index (χ4n) is 3.16. The Morgan fingerprint density at radius 2 is 2.00 bits per heavy atom. The van der Waals surface area contributed by atoms with Gasteiger partial charge in [-0.25, -0.2) is 4.79 Å². The van der Waals surface area contributed by atoms with Crippen molar-refractivity contribution in [3.05, 3.63) is 69.8 Å². The second kappa shape index (κ2) is 10.4. The average Bonchev–Trinajstić information content (AvgIpc) is 2.78. The van der Waals surface area contributed by atoms with Crippen molar-refractivity contribution in [3.8, 4) is 0 Å². The number of nitrogens with one attached hydrogen (secondary N) is 1. The molecule has 1 amide bonds. The van der Waals surface area contributed by atoms with Crippen molar-refractivity contribution in [1.29, 1.82) is 0 Å². The van der Waals surface area contributed by atoms with Gasteiger partial charge >= 0.3 is 5.97 Å². The van der Waals surface area contributed by atoms with E-state index in [1.54, 1.807) is 37.3 Å². The zero-order valence-electron chi connectivity index (χ0n) is 17.1. The van der Waals surface area contributed by atoms with Crippen LogP contribution in [0.2, 0.25) is 0 Å². The van der Waals surface area contributed by atoms with Gasteiger partial charge in [0, 0.05) is 37.0 Å². The molecule has 2 aromatic carbocycles. The van der Waals surface area contributed by atoms with Crippen LogP contribution in [0, 0.1) is 10.1 Å². The summed E-state index contributed by atoms with van der Waals surface area (Å²) in [7, 11) is 0. The van der Waals surface area contributed by atoms with Crippen LogP contribution in [-0.4, -0.2) is 49.7 Å². The van der Waals surface area contributed by atoms with Crippen LogP contribution in [0.1, 0.15) is 22.8 Å². The molecule has 0 spiro atoms. The third kappa shape index (κ3) is 5.89. The highest BCUT2D eigenvalue weighted by atomic mass is 16.6. The summed E-state index contributed by atoms with van der Waals surface area (Å²) in [6, 6.07) is 11.0. The monoisotopic (exact) mass is 425 g/mol. The summed E-state index contributed by atoms with van der Waals surface area (Å²) >= 11 is 0. The van der Waals surface area contributed by atoms with E-state index in [0.717, 1.165) is 5.69 Å². The highest BCUT2D eigenvalue weighted by Crippen LogP contribution is 2.26. The van der Waals surface area contributed by atoms with Crippen molar-refractivity contribution in [1.82, 2.24) is 0 Å². The van der Waals surface area contributed by atoms with E-state index in [-0.39, 0.29) is 12.3 Å². The molecule has 0 aliphatic carbocycles. The lowest BCUT2D eigenvalue weighted by atomic mass is 10.1. The molecule has 0 aromatic heterocycles. The molecule has 1 aliphatic heterocycles. The largest absolute Gasteiger partial charge is 0.462 e. The lowest BCUT2D eigenvalue weighted by Crippen LogP contribution is -2.37. The molecule has 162 valence electrons. The van der Waals surface area contributed by atoms with E-state index < -0.39 is 16.8 Å². The van der Waals surface area contributed by atoms with Crippen LogP contribution in [0.15, 0.2) is 48.5 Å². The summed E-state index contributed by atoms with van der Waals surface area (Å²) in [4.78, 5) is 37.2. The fraction of sp³-hybridized carbons (Fsp3) is 0.273. The molecule has 9 heteroatoms. The van der Waals surface area contributed by atoms with Crippen LogP contribution < -0.4 is 10.2 Å². The number of nitro groups is 1. The van der Waals surface area contributed by atoms with Gasteiger partial charge in [-0.2, -0.15) is 0 Å². The number of hydrogen-bond donors (Lipinski definition) is 1. The number of ether oxygens (including phenoxy) is 2. The molecule has 2 aromatic rings. The quantitative estimate of drug-likeness (QED) is 0.314. The van der Waals surface area contributed by atoms with Gasteiger partial charge in [0.25, 0.3) is 5.69 Å². The number of non-ortho nitro benzene ring substituents is 1. The molecule has 3 rings (SSSR count). The summed E-state index contributed by atoms with van der Waals surface area (Å²) < 4.78 is 10.5. The first kappa shape index (κ1) is 22.0. The summed E-state index contributed by atoms with van der Waals surface area (Å²) in [5.74, 6) is -0.896. The van der Waals surface area contributed by atoms with Gasteiger partial charge in [-0.05, 0) is 36.8 Å². The highest BCUT2D eigenvalue weighted by molar-refractivity contribution is 6.04. The molecule has 1 aliphatic rings. The summed E-state index contributed by atoms with van der Waals surface area (Å²) in [6.07, 6.45) is 2.76. The Morgan fingerprint density at radius 1 is 1.23 bits per heavy atom. The molecule has 1 saturated heterocycles. The number of benzene rings is 2. The Labute approximate surface area is 179 Å². The number of hydrogen-bond acceptors (Lipinski definition) is 7. The van der Waals surface area contributed by atoms with Gasteiger partial charge in [0.05, 0.1) is 36.0 Å². The maximum Gasteiger partial charge on any atom is 0.340 e. The predicted octanol–water partition coefficient (Wildman–Crippen LogP) is 3.26. The lowest BCUT2D eigenvalue weighted by Gasteiger charge is -2.30. The number of amides is 1. The van der Waals surface area contributed by atoms with E-state index in [4.69, 9.17) is 9.47 Å². The van der Waals surface area contributed by atoms with Crippen molar-refractivity contribution < 1.29 is 24.0 Å². The van der Waals surface area contributed by atoms with Crippen LogP contribution in [0.3, 0.4) is 0 Å². The number of anilines is 2. The number of morpholine rings is 1. The maximum absolute atomic E-state index is 12.5. The fourth-order valence-corrected chi connectivity index (χ4v) is 3.16. The molecule has 9 nitrogen and oxygen atoms in total. The van der Waals surface area contributed by atoms with Gasteiger partial charge in [-0.15, -0.1) is 0 Å². The predicted molar refractivity (Wildman–Crippen MR) is 116 cm³/mol. The molecular weight excluding hydrogens is 402 g/mol. The molecule has 1 heterocycles. The normalized spacial score (nSPS) is 13.8. The van der Waals surface area contributed by atoms with E-state index in [1.165, 1.54) is 24.3 Å². The summed E-state index contributed by atoms with van der Waals surface area (Å²) in [5, 5.41) is 13.6. The summed E-state index contributed by atoms with van der Waals surface area (Å²) in [6.45, 7) is 4.43. The van der Waals surface area contributed by atoms with Crippen molar-refractivity contribution in [2.75, 3.05) is 43.1 Å². The maximum atomic E-state index is 12.5. The topological polar surface area (TPSA) is 111 Å². The zero-order valence-corrected chi connectivity index (χ0v) is 17.1. The Hall–Kier alpha value is -3.72. The van der Waals surface area contributed by atoms with Gasteiger partial charge in [0.1, 0.15) is 0 Å². The number of esters is 1. The molecule has 0 saturated carbocycles. The summed E-state index contributed by atoms with van der Waals surface area (Å²) in [5.41, 5.74) is 2.00. The molecule has 0 bridgehead atoms. The Morgan fingerprint density at radius 3 is 2.71 bits per heavy atom. The van der Waals surface area contributed by atoms with E-state index in [9.17, 15) is 19.7 Å². The molecular formula is C22H23N3O6. The van der Waals surface area contributed by atoms with Gasteiger partial charge in [0.2, 0.25) is 5.91 Å². The first-order valence-corrected chi connectivity index (χ1v) is 9.85. The van der Waals surface area contributed by atoms with Crippen LogP contribution in [0.4, 0.5) is 17.1 Å². The standard InChI is InChI=1S/C22H23N3O6/c1-2-31-22(27)19-15-17(7-8-20(19)24-10-12-30-13-11-24)23-21(26)9-6-16-4-3-5-18(14-16)25(28)29/h3-9,14-15H,2,10-13H2,1H3,(H,23,26). The van der Waals surface area contributed by atoms with Crippen molar-refractivity contribution in [2.45, 2.75) is 6.92 Å². The minimum absolute atomic E-state index is 0.0552. The van der Waals surface area contributed by atoms with Crippen LogP contribution in [-0.2, 0) is 14.3 Å². The van der Waals surface area contributed by atoms with Gasteiger partial charge in [0.15, 0.2) is 0 Å². The van der Waals surface area contributed by atoms with Gasteiger partial charge < -0.3 is 19.7 Å². The minimum Gasteiger partial charge on any atom is -0.462 e. The third-order valence-corrected chi connectivity index (χ3v) is 4.62. The second-order valence-electron chi connectivity index (χ2n) is 6.73. The van der Waals surface area contributed by atoms with Crippen molar-refractivity contribution in [3.63, 3.8) is 0 Å². The van der Waals surface area contributed by atoms with Gasteiger partial charge in [-0.3, -0.25) is 14.9 Å². The third-order valence-electron chi connectivity index (χ3n) is 4.62. The van der Waals surface area contributed by atoms with Crippen LogP contribution >= 0.6 is 0 Å². The molecule has 0 radical (unpaired) electrons. The van der Waals surface area contributed by atoms with E-state index in [2.05, 4.69) is 5.32 Å². The molecule has 1 N–H and O–H groups in total. The number of carbonyl (C=O) groups is 2. The molecule has 0 unspecified atom stereocenters. The molecule has 31 heavy (non-hydrogen) atoms. The van der Waals surface area contributed by atoms with E-state index >= 15 is 0 Å². The Bertz CT molecular complexity index is 998. The first-order valence-electron chi connectivity index (χ1n) is 9.85. The first-order chi connectivity index (χ1) is 15.0. The number of rotatable bonds is 7. The lowest BCUT2D eigenvalue weighted by molar-refractivity contribution is -0.384. The zero-order chi connectivity index (χ0) is 22.2. The SMILES string of the molecule is CCOC(=O)c1cc(NC(=O)C=Cc2cccc([N+](=O)[O-])c2)ccc1N1CCOCC1. The Balaban J connectivity index is 1.76. The molecule has 0 atom stereocenters. The van der Waals surface area contributed by atoms with E-state index in [0.29, 0.717) is 43.1 Å². The van der Waals surface area contributed by atoms with Crippen LogP contribution in [0.25, 0.3) is 6.08 Å². The van der Waals surface area contributed by atoms with Crippen molar-refractivity contribution in [2.24, 2.45) is 0 Å². The smallest absolute Gasteiger partial charge is 0.340 e. The number of carbonyl (C=O) groups excluding carboxylic acids is 2. The minimum atomic E-state index is -0.496.